The maximum absolute atomic E-state index is 5.51. The van der Waals surface area contributed by atoms with Gasteiger partial charge in [-0.2, -0.15) is 0 Å². The average Bonchev–Trinajstić information content (AvgIpc) is 3.84. The van der Waals surface area contributed by atoms with E-state index in [4.69, 9.17) is 17.2 Å². The van der Waals surface area contributed by atoms with Gasteiger partial charge in [-0.15, -0.1) is 0 Å². The van der Waals surface area contributed by atoms with E-state index in [2.05, 4.69) is 158 Å². The number of aromatic nitrogens is 20. The molecule has 0 fully saturated rings. The van der Waals surface area contributed by atoms with E-state index >= 15 is 0 Å². The molecule has 31 heteroatoms. The van der Waals surface area contributed by atoms with Crippen molar-refractivity contribution in [3.8, 4) is 0 Å². The number of aliphatic imine (C=N–C) groups is 2. The van der Waals surface area contributed by atoms with Crippen molar-refractivity contribution < 1.29 is 0 Å². The number of rotatable bonds is 12. The maximum atomic E-state index is 5.51. The van der Waals surface area contributed by atoms with Gasteiger partial charge in [-0.25, -0.2) is 99.7 Å². The third-order valence-corrected chi connectivity index (χ3v) is 12.7. The smallest absolute Gasteiger partial charge is 0.135 e. The van der Waals surface area contributed by atoms with E-state index in [1.54, 1.807) is 93.9 Å². The molecule has 0 amide bonds. The first kappa shape index (κ1) is 68.5. The lowest BCUT2D eigenvalue weighted by atomic mass is 10.2. The van der Waals surface area contributed by atoms with Gasteiger partial charge in [-0.3, -0.25) is 0 Å². The van der Waals surface area contributed by atoms with Crippen LogP contribution in [-0.4, -0.2) is 157 Å². The molecule has 0 saturated carbocycles. The number of hydrogen-bond donors (Lipinski definition) is 4. The molecule has 0 saturated heterocycles. The highest BCUT2D eigenvalue weighted by Gasteiger charge is 2.13. The minimum absolute atomic E-state index is 0.563. The molecule has 0 unspecified atom stereocenters. The number of fused-ring (bicyclic) bond motifs is 2. The van der Waals surface area contributed by atoms with Crippen LogP contribution in [0, 0.1) is 0 Å². The van der Waals surface area contributed by atoms with Crippen LogP contribution in [0.1, 0.15) is 50.5 Å². The fraction of sp³-hybridized carbons (Fsp3) is 0.263. The van der Waals surface area contributed by atoms with Crippen molar-refractivity contribution in [2.45, 2.75) is 53.4 Å². The average molecular weight is 1320 g/mol. The molecule has 0 spiro atoms. The number of anilines is 7. The molecular weight excluding hydrogens is 1250 g/mol. The summed E-state index contributed by atoms with van der Waals surface area (Å²) < 4.78 is 5.30. The molecular formula is C57H71Br2N29. The Kier molecular flexibility index (Phi) is 28.4. The highest BCUT2D eigenvalue weighted by atomic mass is 79.9. The van der Waals surface area contributed by atoms with Crippen LogP contribution in [0.25, 0.3) is 22.1 Å². The van der Waals surface area contributed by atoms with Crippen molar-refractivity contribution in [2.75, 3.05) is 62.7 Å². The van der Waals surface area contributed by atoms with Crippen LogP contribution in [0.15, 0.2) is 150 Å². The standard InChI is InChI=1S/C14H16N6.C13H14N6.C9H14N4.C7H9BrN4.C6H9N3.C4H4BrN3.C4H5N3/c1-4-10-13(7-15-8-17-10)20(3)14-5-12-11(6-16-14)18-9-19(12)2;1-3-9-10(5-14-7-16-9)18-13-4-12-11(6-15-13)17-8-19(12)2;1-4-8-9(5-10-6-11-8)12-7-13(2)3;1-12(2)5-11-6-3-9-4-10-7(6)8;1-2-6-5(7)3-8-4-9-6;5-4-3(6)1-7-2-8-4;5-4-1-6-3-7-2-4/h5-9H,4H2,1-3H3;4-8H,3H2,1-2H3,(H,15,18);5-7H,4H2,1-3H3;3-5H,1-2H3;3-4H,2,7H2,1H3;1-2H,6H2;1-3H,5H2. The summed E-state index contributed by atoms with van der Waals surface area (Å²) in [6.07, 6.45) is 37.8. The van der Waals surface area contributed by atoms with Gasteiger partial charge in [0.25, 0.3) is 0 Å². The Morgan fingerprint density at radius 3 is 1.44 bits per heavy atom. The zero-order valence-electron chi connectivity index (χ0n) is 50.8. The Bertz CT molecular complexity index is 3880. The lowest BCUT2D eigenvalue weighted by Gasteiger charge is -2.20. The summed E-state index contributed by atoms with van der Waals surface area (Å²) in [6, 6.07) is 3.99. The number of halogens is 2. The van der Waals surface area contributed by atoms with E-state index in [0.717, 1.165) is 105 Å². The van der Waals surface area contributed by atoms with Crippen molar-refractivity contribution in [1.29, 1.82) is 0 Å². The van der Waals surface area contributed by atoms with E-state index in [0.29, 0.717) is 26.3 Å². The van der Waals surface area contributed by atoms with Gasteiger partial charge in [0.2, 0.25) is 0 Å². The van der Waals surface area contributed by atoms with Gasteiger partial charge in [0.15, 0.2) is 0 Å². The molecule has 0 aliphatic heterocycles. The van der Waals surface area contributed by atoms with Crippen LogP contribution >= 0.6 is 31.9 Å². The SMILES string of the molecule is CCc1ncncc1N.CCc1ncncc1N(C)c1cc2c(cn1)ncn2C.CCc1ncncc1N=CN(C)C.CCc1ncncc1Nc1cc2c(cn1)ncn2C.CN(C)C=Nc1cncnc1Br.Nc1cncnc1.Nc1cncnc1Br. The third kappa shape index (κ3) is 22.3. The first-order valence-corrected chi connectivity index (χ1v) is 28.6. The summed E-state index contributed by atoms with van der Waals surface area (Å²) in [4.78, 5) is 86.5. The summed E-state index contributed by atoms with van der Waals surface area (Å²) in [7, 11) is 13.6. The first-order valence-electron chi connectivity index (χ1n) is 27.0. The molecule has 11 heterocycles. The largest absolute Gasteiger partial charge is 0.396 e. The lowest BCUT2D eigenvalue weighted by Crippen LogP contribution is -2.14. The molecule has 0 bridgehead atoms. The predicted molar refractivity (Wildman–Crippen MR) is 352 cm³/mol. The number of aryl methyl sites for hydroxylation is 6. The van der Waals surface area contributed by atoms with Crippen molar-refractivity contribution >= 4 is 118 Å². The topological polar surface area (TPSA) is 366 Å². The van der Waals surface area contributed by atoms with Crippen molar-refractivity contribution in [3.05, 3.63) is 163 Å². The molecule has 458 valence electrons. The molecule has 88 heavy (non-hydrogen) atoms. The number of nitrogen functional groups attached to an aromatic ring is 3. The minimum atomic E-state index is 0.563. The lowest BCUT2D eigenvalue weighted by molar-refractivity contribution is 0.643. The Labute approximate surface area is 527 Å². The van der Waals surface area contributed by atoms with Crippen molar-refractivity contribution in [1.82, 2.24) is 109 Å². The van der Waals surface area contributed by atoms with Crippen LogP contribution in [0.4, 0.5) is 51.4 Å². The van der Waals surface area contributed by atoms with E-state index < -0.39 is 0 Å². The van der Waals surface area contributed by atoms with Gasteiger partial charge in [0.1, 0.15) is 87.5 Å². The molecule has 0 radical (unpaired) electrons. The second kappa shape index (κ2) is 36.5. The van der Waals surface area contributed by atoms with Crippen LogP contribution in [-0.2, 0) is 39.8 Å². The normalized spacial score (nSPS) is 10.3. The van der Waals surface area contributed by atoms with Crippen molar-refractivity contribution in [3.63, 3.8) is 0 Å². The second-order valence-electron chi connectivity index (χ2n) is 18.5. The Balaban J connectivity index is 0.000000193. The zero-order chi connectivity index (χ0) is 63.8. The molecule has 11 rings (SSSR count). The van der Waals surface area contributed by atoms with Crippen LogP contribution in [0.5, 0.6) is 0 Å². The zero-order valence-corrected chi connectivity index (χ0v) is 53.9. The third-order valence-electron chi connectivity index (χ3n) is 11.5. The summed E-state index contributed by atoms with van der Waals surface area (Å²) >= 11 is 6.38. The van der Waals surface area contributed by atoms with Crippen LogP contribution in [0.2, 0.25) is 0 Å². The predicted octanol–water partition coefficient (Wildman–Crippen LogP) is 8.38. The van der Waals surface area contributed by atoms with Gasteiger partial charge in [-0.1, -0.05) is 27.7 Å². The molecule has 0 atom stereocenters. The number of nitrogens with zero attached hydrogens (tertiary/aromatic N) is 25. The van der Waals surface area contributed by atoms with E-state index in [9.17, 15) is 0 Å². The summed E-state index contributed by atoms with van der Waals surface area (Å²) in [5, 5.41) is 3.26. The molecule has 29 nitrogen and oxygen atoms in total. The molecule has 0 aliphatic carbocycles. The van der Waals surface area contributed by atoms with Crippen molar-refractivity contribution in [2.24, 2.45) is 24.1 Å². The van der Waals surface area contributed by atoms with E-state index in [1.165, 1.54) is 31.5 Å². The monoisotopic (exact) mass is 1320 g/mol. The van der Waals surface area contributed by atoms with Gasteiger partial charge in [0.05, 0.1) is 150 Å². The van der Waals surface area contributed by atoms with Gasteiger partial charge in [-0.05, 0) is 57.5 Å². The second-order valence-corrected chi connectivity index (χ2v) is 20.0. The summed E-state index contributed by atoms with van der Waals surface area (Å²) in [6.45, 7) is 8.21. The number of hydrogen-bond acceptors (Lipinski definition) is 25. The van der Waals surface area contributed by atoms with Gasteiger partial charge >= 0.3 is 0 Å². The molecule has 0 aromatic carbocycles. The van der Waals surface area contributed by atoms with Crippen LogP contribution in [0.3, 0.4) is 0 Å². The van der Waals surface area contributed by atoms with E-state index in [-0.39, 0.29) is 0 Å². The fourth-order valence-corrected chi connectivity index (χ4v) is 7.47. The van der Waals surface area contributed by atoms with E-state index in [1.807, 2.05) is 98.4 Å². The highest BCUT2D eigenvalue weighted by molar-refractivity contribution is 9.10. The molecule has 7 N–H and O–H groups in total. The van der Waals surface area contributed by atoms with Crippen LogP contribution < -0.4 is 27.4 Å². The number of imidazole rings is 2. The number of nitrogens with one attached hydrogen (secondary N) is 1. The quantitative estimate of drug-likeness (QED) is 0.0506. The Morgan fingerprint density at radius 2 is 0.932 bits per heavy atom. The molecule has 0 aliphatic rings. The highest BCUT2D eigenvalue weighted by Crippen LogP contribution is 2.27. The van der Waals surface area contributed by atoms with Gasteiger partial charge < -0.3 is 46.4 Å². The maximum Gasteiger partial charge on any atom is 0.135 e. The number of nitrogens with two attached hydrogens (primary N) is 3. The molecule has 11 aromatic heterocycles. The number of pyridine rings is 2. The summed E-state index contributed by atoms with van der Waals surface area (Å²) in [5.41, 5.74) is 29.1. The first-order chi connectivity index (χ1) is 42.5. The minimum Gasteiger partial charge on any atom is -0.396 e. The Hall–Kier alpha value is -10.3. The summed E-state index contributed by atoms with van der Waals surface area (Å²) in [5.74, 6) is 1.62. The molecule has 11 aromatic rings. The van der Waals surface area contributed by atoms with Gasteiger partial charge in [0, 0.05) is 61.5 Å². The Morgan fingerprint density at radius 1 is 0.466 bits per heavy atom. The fourth-order valence-electron chi connectivity index (χ4n) is 6.98.